The number of hydrogen-bond donors (Lipinski definition) is 1. The predicted octanol–water partition coefficient (Wildman–Crippen LogP) is 2.00. The lowest BCUT2D eigenvalue weighted by atomic mass is 10.1. The molecule has 130 valence electrons. The quantitative estimate of drug-likeness (QED) is 0.489. The molecule has 2 aromatic carbocycles. The molecule has 0 atom stereocenters. The molecule has 0 heterocycles. The van der Waals surface area contributed by atoms with Gasteiger partial charge < -0.3 is 9.84 Å². The van der Waals surface area contributed by atoms with Crippen molar-refractivity contribution in [3.63, 3.8) is 0 Å². The Kier molecular flexibility index (Phi) is 5.67. The summed E-state index contributed by atoms with van der Waals surface area (Å²) in [6.45, 7) is 2.01. The molecule has 2 aromatic rings. The summed E-state index contributed by atoms with van der Waals surface area (Å²) in [6.07, 6.45) is 2.07. The van der Waals surface area contributed by atoms with Crippen LogP contribution in [0.2, 0.25) is 0 Å². The van der Waals surface area contributed by atoms with Gasteiger partial charge in [-0.2, -0.15) is 5.10 Å². The largest absolute Gasteiger partial charge is 0.865 e. The zero-order chi connectivity index (χ0) is 18.4. The highest BCUT2D eigenvalue weighted by molar-refractivity contribution is 5.95. The van der Waals surface area contributed by atoms with Crippen molar-refractivity contribution in [2.75, 3.05) is 7.11 Å². The zero-order valence-corrected chi connectivity index (χ0v) is 13.7. The second-order valence-electron chi connectivity index (χ2n) is 5.08. The maximum absolute atomic E-state index is 12.0. The van der Waals surface area contributed by atoms with Crippen molar-refractivity contribution in [2.24, 2.45) is 5.10 Å². The van der Waals surface area contributed by atoms with E-state index in [2.05, 4.69) is 10.5 Å². The SMILES string of the molecule is CCc1ccc(C(=O)N/N=C\c2cc(OC)c([O-])c([N+](=O)[O-])c2)cc1. The third-order valence-electron chi connectivity index (χ3n) is 3.48. The van der Waals surface area contributed by atoms with Crippen LogP contribution in [0.4, 0.5) is 5.69 Å². The van der Waals surface area contributed by atoms with Crippen LogP contribution in [0.1, 0.15) is 28.4 Å². The summed E-state index contributed by atoms with van der Waals surface area (Å²) in [5, 5.41) is 26.4. The molecule has 0 saturated carbocycles. The third kappa shape index (κ3) is 4.31. The number of hydrazone groups is 1. The van der Waals surface area contributed by atoms with Crippen molar-refractivity contribution >= 4 is 17.8 Å². The summed E-state index contributed by atoms with van der Waals surface area (Å²) in [6, 6.07) is 9.44. The Labute approximate surface area is 143 Å². The first-order chi connectivity index (χ1) is 12.0. The highest BCUT2D eigenvalue weighted by atomic mass is 16.6. The van der Waals surface area contributed by atoms with E-state index in [-0.39, 0.29) is 11.3 Å². The molecular weight excluding hydrogens is 326 g/mol. The van der Waals surface area contributed by atoms with E-state index in [1.54, 1.807) is 12.1 Å². The molecule has 2 rings (SSSR count). The molecular formula is C17H16N3O5-. The fourth-order valence-electron chi connectivity index (χ4n) is 2.09. The van der Waals surface area contributed by atoms with Crippen LogP contribution >= 0.6 is 0 Å². The van der Waals surface area contributed by atoms with E-state index in [4.69, 9.17) is 4.74 Å². The number of nitrogens with one attached hydrogen (secondary N) is 1. The summed E-state index contributed by atoms with van der Waals surface area (Å²) in [7, 11) is 1.24. The number of aryl methyl sites for hydroxylation is 1. The van der Waals surface area contributed by atoms with Gasteiger partial charge in [0.05, 0.1) is 18.2 Å². The molecule has 0 radical (unpaired) electrons. The Bertz CT molecular complexity index is 816. The Balaban J connectivity index is 2.14. The number of ether oxygens (including phenoxy) is 1. The van der Waals surface area contributed by atoms with Crippen LogP contribution in [0.5, 0.6) is 11.5 Å². The summed E-state index contributed by atoms with van der Waals surface area (Å²) >= 11 is 0. The van der Waals surface area contributed by atoms with Gasteiger partial charge >= 0.3 is 0 Å². The van der Waals surface area contributed by atoms with Crippen LogP contribution in [0, 0.1) is 10.1 Å². The molecule has 0 aliphatic carbocycles. The van der Waals surface area contributed by atoms with Gasteiger partial charge in [-0.05, 0) is 30.2 Å². The van der Waals surface area contributed by atoms with Crippen LogP contribution in [0.15, 0.2) is 41.5 Å². The van der Waals surface area contributed by atoms with E-state index in [1.165, 1.54) is 19.4 Å². The summed E-state index contributed by atoms with van der Waals surface area (Å²) in [4.78, 5) is 22.1. The number of methoxy groups -OCH3 is 1. The molecule has 1 amide bonds. The smallest absolute Gasteiger partial charge is 0.271 e. The summed E-state index contributed by atoms with van der Waals surface area (Å²) in [5.41, 5.74) is 3.51. The van der Waals surface area contributed by atoms with Crippen molar-refractivity contribution in [1.82, 2.24) is 5.43 Å². The van der Waals surface area contributed by atoms with Gasteiger partial charge in [0, 0.05) is 22.9 Å². The topological polar surface area (TPSA) is 117 Å². The van der Waals surface area contributed by atoms with Crippen LogP contribution in [0.3, 0.4) is 0 Å². The van der Waals surface area contributed by atoms with Crippen LogP contribution in [0.25, 0.3) is 0 Å². The van der Waals surface area contributed by atoms with E-state index in [0.29, 0.717) is 5.56 Å². The average molecular weight is 342 g/mol. The first kappa shape index (κ1) is 17.9. The van der Waals surface area contributed by atoms with Gasteiger partial charge in [-0.1, -0.05) is 19.1 Å². The van der Waals surface area contributed by atoms with E-state index in [0.717, 1.165) is 18.1 Å². The molecule has 0 saturated heterocycles. The van der Waals surface area contributed by atoms with E-state index >= 15 is 0 Å². The molecule has 8 heteroatoms. The van der Waals surface area contributed by atoms with Gasteiger partial charge in [0.2, 0.25) is 0 Å². The molecule has 0 aliphatic rings. The number of benzene rings is 2. The lowest BCUT2D eigenvalue weighted by Crippen LogP contribution is -2.17. The fraction of sp³-hybridized carbons (Fsp3) is 0.176. The van der Waals surface area contributed by atoms with E-state index in [9.17, 15) is 20.0 Å². The highest BCUT2D eigenvalue weighted by Crippen LogP contribution is 2.33. The molecule has 0 aromatic heterocycles. The summed E-state index contributed by atoms with van der Waals surface area (Å²) < 4.78 is 4.83. The standard InChI is InChI=1S/C17H17N3O5/c1-3-11-4-6-13(7-5-11)17(22)19-18-10-12-8-14(20(23)24)16(21)15(9-12)25-2/h4-10,21H,3H2,1-2H3,(H,19,22)/p-1/b18-10-. The van der Waals surface area contributed by atoms with Crippen molar-refractivity contribution in [1.29, 1.82) is 0 Å². The Morgan fingerprint density at radius 1 is 1.32 bits per heavy atom. The number of nitro groups is 1. The molecule has 8 nitrogen and oxygen atoms in total. The number of hydrogen-bond acceptors (Lipinski definition) is 6. The van der Waals surface area contributed by atoms with Gasteiger partial charge in [-0.3, -0.25) is 14.9 Å². The second-order valence-corrected chi connectivity index (χ2v) is 5.08. The van der Waals surface area contributed by atoms with E-state index < -0.39 is 22.3 Å². The highest BCUT2D eigenvalue weighted by Gasteiger charge is 2.12. The van der Waals surface area contributed by atoms with Crippen molar-refractivity contribution in [3.05, 3.63) is 63.2 Å². The number of rotatable bonds is 6. The van der Waals surface area contributed by atoms with Gasteiger partial charge in [-0.25, -0.2) is 5.43 Å². The van der Waals surface area contributed by atoms with Gasteiger partial charge in [0.1, 0.15) is 5.75 Å². The first-order valence-corrected chi connectivity index (χ1v) is 7.42. The minimum atomic E-state index is -0.815. The monoisotopic (exact) mass is 342 g/mol. The molecule has 25 heavy (non-hydrogen) atoms. The van der Waals surface area contributed by atoms with Gasteiger partial charge in [0.15, 0.2) is 0 Å². The second kappa shape index (κ2) is 7.91. The van der Waals surface area contributed by atoms with Crippen molar-refractivity contribution in [2.45, 2.75) is 13.3 Å². The zero-order valence-electron chi connectivity index (χ0n) is 13.7. The Morgan fingerprint density at radius 3 is 2.56 bits per heavy atom. The van der Waals surface area contributed by atoms with Crippen molar-refractivity contribution < 1.29 is 19.6 Å². The minimum absolute atomic E-state index is 0.169. The number of carbonyl (C=O) groups excluding carboxylic acids is 1. The van der Waals surface area contributed by atoms with Crippen molar-refractivity contribution in [3.8, 4) is 11.5 Å². The van der Waals surface area contributed by atoms with Gasteiger partial charge in [-0.15, -0.1) is 0 Å². The van der Waals surface area contributed by atoms with E-state index in [1.807, 2.05) is 19.1 Å². The number of carbonyl (C=O) groups is 1. The Morgan fingerprint density at radius 2 is 2.00 bits per heavy atom. The van der Waals surface area contributed by atoms with Crippen LogP contribution in [-0.2, 0) is 6.42 Å². The fourth-order valence-corrected chi connectivity index (χ4v) is 2.09. The molecule has 0 bridgehead atoms. The molecule has 1 N–H and O–H groups in total. The number of nitro benzene ring substituents is 1. The predicted molar refractivity (Wildman–Crippen MR) is 90.0 cm³/mol. The van der Waals surface area contributed by atoms with Gasteiger partial charge in [0.25, 0.3) is 11.6 Å². The first-order valence-electron chi connectivity index (χ1n) is 7.42. The number of nitrogens with zero attached hydrogens (tertiary/aromatic N) is 2. The minimum Gasteiger partial charge on any atom is -0.865 e. The Hall–Kier alpha value is -3.42. The molecule has 0 spiro atoms. The summed E-state index contributed by atoms with van der Waals surface area (Å²) in [5.74, 6) is -1.40. The normalized spacial score (nSPS) is 10.6. The molecule has 0 unspecified atom stereocenters. The molecule has 0 fully saturated rings. The maximum Gasteiger partial charge on any atom is 0.271 e. The average Bonchev–Trinajstić information content (AvgIpc) is 2.62. The van der Waals surface area contributed by atoms with Crippen LogP contribution < -0.4 is 15.3 Å². The maximum atomic E-state index is 12.0. The number of amides is 1. The lowest BCUT2D eigenvalue weighted by Gasteiger charge is -2.12. The van der Waals surface area contributed by atoms with Crippen LogP contribution in [-0.4, -0.2) is 24.2 Å². The third-order valence-corrected chi connectivity index (χ3v) is 3.48. The lowest BCUT2D eigenvalue weighted by molar-refractivity contribution is -0.398. The molecule has 0 aliphatic heterocycles.